The van der Waals surface area contributed by atoms with E-state index in [1.807, 2.05) is 0 Å². The first-order valence-corrected chi connectivity index (χ1v) is 8.86. The lowest BCUT2D eigenvalue weighted by Gasteiger charge is -2.19. The topological polar surface area (TPSA) is 50.7 Å². The Morgan fingerprint density at radius 3 is 2.58 bits per heavy atom. The molecular weight excluding hydrogens is 430 g/mol. The number of hydrogen-bond acceptors (Lipinski definition) is 4. The molecule has 1 aliphatic heterocycles. The van der Waals surface area contributed by atoms with Crippen LogP contribution in [0.15, 0.2) is 39.8 Å². The smallest absolute Gasteiger partial charge is 0.144 e. The molecule has 0 aromatic heterocycles. The number of anilines is 1. The number of aliphatic imine (C=N–C) groups is 1. The van der Waals surface area contributed by atoms with Gasteiger partial charge in [-0.1, -0.05) is 17.7 Å². The lowest BCUT2D eigenvalue weighted by Crippen LogP contribution is -2.36. The van der Waals surface area contributed by atoms with Crippen LogP contribution in [0.1, 0.15) is 11.1 Å². The van der Waals surface area contributed by atoms with Gasteiger partial charge in [0.1, 0.15) is 30.0 Å². The van der Waals surface area contributed by atoms with Crippen LogP contribution in [0.2, 0.25) is 5.02 Å². The minimum absolute atomic E-state index is 0.0285. The fraction of sp³-hybridized carbons (Fsp3) is 0.222. The first kappa shape index (κ1) is 18.9. The largest absolute Gasteiger partial charge is 0.382 e. The van der Waals surface area contributed by atoms with E-state index in [4.69, 9.17) is 16.3 Å². The molecule has 3 rings (SSSR count). The summed E-state index contributed by atoms with van der Waals surface area (Å²) in [5.74, 6) is -1.54. The standard InChI is InChI=1S/C18H14BrClF2N2O2/c1-26-8-14-13(7-25)23-12-6-5-9(19)17(20)16(12)18(24-14)15-10(21)3-2-4-11(15)22/h2-7,13-14,23H,8H2,1H3/t13?,14-/m1/s1. The van der Waals surface area contributed by atoms with Crippen molar-refractivity contribution in [3.63, 3.8) is 0 Å². The van der Waals surface area contributed by atoms with Crippen LogP contribution in [0.4, 0.5) is 14.5 Å². The van der Waals surface area contributed by atoms with Gasteiger partial charge in [0.15, 0.2) is 0 Å². The van der Waals surface area contributed by atoms with Crippen LogP contribution in [0.25, 0.3) is 0 Å². The molecule has 0 saturated heterocycles. The van der Waals surface area contributed by atoms with Crippen molar-refractivity contribution in [3.05, 3.63) is 62.6 Å². The van der Waals surface area contributed by atoms with Gasteiger partial charge >= 0.3 is 0 Å². The van der Waals surface area contributed by atoms with Gasteiger partial charge in [-0.3, -0.25) is 4.99 Å². The molecule has 0 radical (unpaired) electrons. The summed E-state index contributed by atoms with van der Waals surface area (Å²) in [6, 6.07) is 5.49. The van der Waals surface area contributed by atoms with E-state index in [2.05, 4.69) is 26.2 Å². The zero-order chi connectivity index (χ0) is 18.8. The Labute approximate surface area is 162 Å². The third-order valence-electron chi connectivity index (χ3n) is 4.05. The SMILES string of the molecule is COC[C@H]1N=C(c2c(F)cccc2F)c2c(ccc(Br)c2Cl)NC1C=O. The number of nitrogens with zero attached hydrogens (tertiary/aromatic N) is 1. The van der Waals surface area contributed by atoms with Crippen LogP contribution in [-0.2, 0) is 9.53 Å². The molecule has 26 heavy (non-hydrogen) atoms. The third kappa shape index (κ3) is 3.39. The number of fused-ring (bicyclic) bond motifs is 1. The molecule has 1 unspecified atom stereocenters. The van der Waals surface area contributed by atoms with Crippen molar-refractivity contribution in [1.29, 1.82) is 0 Å². The number of aldehydes is 1. The van der Waals surface area contributed by atoms with Crippen LogP contribution < -0.4 is 5.32 Å². The van der Waals surface area contributed by atoms with Crippen molar-refractivity contribution in [2.24, 2.45) is 4.99 Å². The first-order chi connectivity index (χ1) is 12.5. The molecule has 8 heteroatoms. The van der Waals surface area contributed by atoms with Gasteiger partial charge in [-0.05, 0) is 40.2 Å². The third-order valence-corrected chi connectivity index (χ3v) is 5.33. The molecule has 0 aliphatic carbocycles. The second-order valence-electron chi connectivity index (χ2n) is 5.69. The zero-order valence-electron chi connectivity index (χ0n) is 13.6. The molecule has 1 aliphatic rings. The molecule has 0 fully saturated rings. The summed E-state index contributed by atoms with van der Waals surface area (Å²) in [5, 5.41) is 3.27. The molecule has 2 aromatic carbocycles. The molecule has 4 nitrogen and oxygen atoms in total. The van der Waals surface area contributed by atoms with Gasteiger partial charge in [0.2, 0.25) is 0 Å². The van der Waals surface area contributed by atoms with Gasteiger partial charge in [0.05, 0.1) is 22.9 Å². The lowest BCUT2D eigenvalue weighted by atomic mass is 9.99. The molecule has 1 N–H and O–H groups in total. The quantitative estimate of drug-likeness (QED) is 0.720. The van der Waals surface area contributed by atoms with Crippen LogP contribution >= 0.6 is 27.5 Å². The molecule has 0 bridgehead atoms. The van der Waals surface area contributed by atoms with E-state index >= 15 is 0 Å². The van der Waals surface area contributed by atoms with E-state index in [-0.39, 0.29) is 22.9 Å². The molecule has 2 atom stereocenters. The second kappa shape index (κ2) is 7.82. The summed E-state index contributed by atoms with van der Waals surface area (Å²) < 4.78 is 34.6. The van der Waals surface area contributed by atoms with E-state index in [0.717, 1.165) is 12.1 Å². The Morgan fingerprint density at radius 2 is 1.96 bits per heavy atom. The van der Waals surface area contributed by atoms with Crippen molar-refractivity contribution in [1.82, 2.24) is 0 Å². The summed E-state index contributed by atoms with van der Waals surface area (Å²) in [6.07, 6.45) is 0.688. The number of rotatable bonds is 4. The van der Waals surface area contributed by atoms with Crippen molar-refractivity contribution in [3.8, 4) is 0 Å². The van der Waals surface area contributed by atoms with Crippen molar-refractivity contribution in [2.45, 2.75) is 12.1 Å². The van der Waals surface area contributed by atoms with Crippen LogP contribution in [0.5, 0.6) is 0 Å². The summed E-state index contributed by atoms with van der Waals surface area (Å²) >= 11 is 9.74. The summed E-state index contributed by atoms with van der Waals surface area (Å²) in [7, 11) is 1.46. The predicted molar refractivity (Wildman–Crippen MR) is 100 cm³/mol. The normalized spacial score (nSPS) is 19.2. The number of benzene rings is 2. The highest BCUT2D eigenvalue weighted by atomic mass is 79.9. The molecule has 0 saturated carbocycles. The van der Waals surface area contributed by atoms with E-state index in [0.29, 0.717) is 22.0 Å². The lowest BCUT2D eigenvalue weighted by molar-refractivity contribution is -0.109. The fourth-order valence-corrected chi connectivity index (χ4v) is 3.42. The number of hydrogen-bond donors (Lipinski definition) is 1. The maximum absolute atomic E-state index is 14.5. The Morgan fingerprint density at radius 1 is 1.27 bits per heavy atom. The van der Waals surface area contributed by atoms with E-state index in [1.54, 1.807) is 12.1 Å². The summed E-state index contributed by atoms with van der Waals surface area (Å²) in [4.78, 5) is 16.0. The number of halogens is 4. The Bertz CT molecular complexity index is 871. The summed E-state index contributed by atoms with van der Waals surface area (Å²) in [5.41, 5.74) is 0.495. The zero-order valence-corrected chi connectivity index (χ0v) is 15.9. The Kier molecular flexibility index (Phi) is 5.70. The van der Waals surface area contributed by atoms with Gasteiger partial charge < -0.3 is 14.8 Å². The molecule has 1 heterocycles. The highest BCUT2D eigenvalue weighted by molar-refractivity contribution is 9.10. The number of nitrogens with one attached hydrogen (secondary N) is 1. The minimum atomic E-state index is -0.772. The average molecular weight is 444 g/mol. The van der Waals surface area contributed by atoms with Gasteiger partial charge in [0.25, 0.3) is 0 Å². The van der Waals surface area contributed by atoms with Crippen molar-refractivity contribution < 1.29 is 18.3 Å². The fourth-order valence-electron chi connectivity index (χ4n) is 2.84. The first-order valence-electron chi connectivity index (χ1n) is 7.69. The number of carbonyl (C=O) groups is 1. The van der Waals surface area contributed by atoms with E-state index < -0.39 is 23.7 Å². The van der Waals surface area contributed by atoms with Crippen LogP contribution in [-0.4, -0.2) is 37.8 Å². The Hall–Kier alpha value is -1.83. The number of benzodiazepines with no additional fused rings is 1. The van der Waals surface area contributed by atoms with Crippen molar-refractivity contribution in [2.75, 3.05) is 19.0 Å². The highest BCUT2D eigenvalue weighted by Gasteiger charge is 2.31. The number of methoxy groups -OCH3 is 1. The van der Waals surface area contributed by atoms with Gasteiger partial charge in [-0.25, -0.2) is 8.78 Å². The monoisotopic (exact) mass is 442 g/mol. The van der Waals surface area contributed by atoms with Gasteiger partial charge in [-0.2, -0.15) is 0 Å². The van der Waals surface area contributed by atoms with E-state index in [1.165, 1.54) is 13.2 Å². The Balaban J connectivity index is 2.34. The van der Waals surface area contributed by atoms with Gasteiger partial charge in [-0.15, -0.1) is 0 Å². The second-order valence-corrected chi connectivity index (χ2v) is 6.92. The van der Waals surface area contributed by atoms with Gasteiger partial charge in [0, 0.05) is 22.8 Å². The molecular formula is C18H14BrClF2N2O2. The highest BCUT2D eigenvalue weighted by Crippen LogP contribution is 2.37. The molecule has 2 aromatic rings. The molecule has 136 valence electrons. The average Bonchev–Trinajstić information content (AvgIpc) is 2.76. The minimum Gasteiger partial charge on any atom is -0.382 e. The van der Waals surface area contributed by atoms with Crippen LogP contribution in [0.3, 0.4) is 0 Å². The molecule has 0 amide bonds. The maximum Gasteiger partial charge on any atom is 0.144 e. The maximum atomic E-state index is 14.5. The van der Waals surface area contributed by atoms with E-state index in [9.17, 15) is 13.6 Å². The summed E-state index contributed by atoms with van der Waals surface area (Å²) in [6.45, 7) is 0.0861. The molecule has 0 spiro atoms. The predicted octanol–water partition coefficient (Wildman–Crippen LogP) is 4.23. The number of carbonyl (C=O) groups excluding carboxylic acids is 1. The number of ether oxygens (including phenoxy) is 1. The van der Waals surface area contributed by atoms with Crippen molar-refractivity contribution >= 4 is 45.2 Å². The van der Waals surface area contributed by atoms with Crippen LogP contribution in [0, 0.1) is 11.6 Å².